The molecule has 0 atom stereocenters. The Bertz CT molecular complexity index is 249. The monoisotopic (exact) mass is 184 g/mol. The quantitative estimate of drug-likeness (QED) is 0.744. The van der Waals surface area contributed by atoms with Gasteiger partial charge < -0.3 is 10.2 Å². The third-order valence-corrected chi connectivity index (χ3v) is 2.86. The molecule has 0 unspecified atom stereocenters. The second-order valence-electron chi connectivity index (χ2n) is 2.82. The fourth-order valence-electron chi connectivity index (χ4n) is 1.31. The second kappa shape index (κ2) is 3.49. The van der Waals surface area contributed by atoms with Gasteiger partial charge in [0, 0.05) is 30.9 Å². The number of hydrogen-bond acceptors (Lipinski definition) is 4. The Morgan fingerprint density at radius 3 is 3.25 bits per heavy atom. The summed E-state index contributed by atoms with van der Waals surface area (Å²) in [6.45, 7) is 0.618. The largest absolute Gasteiger partial charge is 0.445 e. The van der Waals surface area contributed by atoms with Crippen LogP contribution in [-0.2, 0) is 18.6 Å². The molecule has 1 aromatic heterocycles. The van der Waals surface area contributed by atoms with E-state index in [1.807, 2.05) is 11.8 Å². The van der Waals surface area contributed by atoms with Crippen LogP contribution in [0.5, 0.6) is 0 Å². The van der Waals surface area contributed by atoms with E-state index in [1.165, 1.54) is 0 Å². The smallest absolute Gasteiger partial charge is 0.195 e. The molecule has 1 aromatic rings. The van der Waals surface area contributed by atoms with Gasteiger partial charge in [-0.15, -0.1) is 0 Å². The van der Waals surface area contributed by atoms with Crippen LogP contribution in [0.4, 0.5) is 0 Å². The first-order valence-electron chi connectivity index (χ1n) is 4.15. The molecule has 12 heavy (non-hydrogen) atoms. The Kier molecular flexibility index (Phi) is 2.37. The van der Waals surface area contributed by atoms with Crippen LogP contribution >= 0.6 is 11.8 Å². The number of nitrogens with zero attached hydrogens (tertiary/aromatic N) is 1. The van der Waals surface area contributed by atoms with Gasteiger partial charge in [0.15, 0.2) is 5.89 Å². The first-order chi connectivity index (χ1) is 5.90. The number of oxazole rings is 1. The predicted octanol–water partition coefficient (Wildman–Crippen LogP) is 0.965. The maximum Gasteiger partial charge on any atom is 0.195 e. The van der Waals surface area contributed by atoms with Gasteiger partial charge in [0.1, 0.15) is 5.76 Å². The van der Waals surface area contributed by atoms with Gasteiger partial charge in [-0.3, -0.25) is 0 Å². The average molecular weight is 184 g/mol. The summed E-state index contributed by atoms with van der Waals surface area (Å²) in [4.78, 5) is 4.37. The molecular weight excluding hydrogens is 172 g/mol. The number of nitrogens with two attached hydrogens (primary N) is 1. The highest BCUT2D eigenvalue weighted by Gasteiger charge is 2.16. The molecule has 0 saturated carbocycles. The summed E-state index contributed by atoms with van der Waals surface area (Å²) in [5.74, 6) is 4.05. The second-order valence-corrected chi connectivity index (χ2v) is 3.92. The third kappa shape index (κ3) is 1.49. The molecule has 66 valence electrons. The van der Waals surface area contributed by atoms with Gasteiger partial charge >= 0.3 is 0 Å². The van der Waals surface area contributed by atoms with Crippen molar-refractivity contribution < 1.29 is 4.42 Å². The van der Waals surface area contributed by atoms with Crippen LogP contribution in [0.25, 0.3) is 0 Å². The lowest BCUT2D eigenvalue weighted by atomic mass is 10.3. The zero-order chi connectivity index (χ0) is 8.39. The van der Waals surface area contributed by atoms with Crippen LogP contribution in [0, 0.1) is 0 Å². The topological polar surface area (TPSA) is 52.0 Å². The highest BCUT2D eigenvalue weighted by atomic mass is 32.2. The van der Waals surface area contributed by atoms with Crippen LogP contribution in [0.3, 0.4) is 0 Å². The van der Waals surface area contributed by atoms with Crippen LogP contribution < -0.4 is 5.73 Å². The van der Waals surface area contributed by atoms with Crippen molar-refractivity contribution >= 4 is 11.8 Å². The van der Waals surface area contributed by atoms with Crippen molar-refractivity contribution in [3.05, 3.63) is 17.3 Å². The number of aryl methyl sites for hydroxylation is 1. The molecule has 1 aliphatic rings. The van der Waals surface area contributed by atoms with Gasteiger partial charge in [0.2, 0.25) is 0 Å². The molecule has 3 nitrogen and oxygen atoms in total. The van der Waals surface area contributed by atoms with Crippen LogP contribution in [0.1, 0.15) is 17.3 Å². The minimum absolute atomic E-state index is 0.618. The van der Waals surface area contributed by atoms with Crippen molar-refractivity contribution in [2.45, 2.75) is 18.6 Å². The fourth-order valence-corrected chi connectivity index (χ4v) is 2.20. The maximum absolute atomic E-state index is 5.54. The molecule has 0 aliphatic carbocycles. The van der Waals surface area contributed by atoms with Crippen LogP contribution in [0.15, 0.2) is 4.42 Å². The highest BCUT2D eigenvalue weighted by molar-refractivity contribution is 7.98. The molecule has 1 aliphatic heterocycles. The lowest BCUT2D eigenvalue weighted by Gasteiger charge is -2.05. The number of thioether (sulfide) groups is 1. The van der Waals surface area contributed by atoms with E-state index in [4.69, 9.17) is 10.2 Å². The Hall–Kier alpha value is -0.480. The Labute approximate surface area is 75.7 Å². The lowest BCUT2D eigenvalue weighted by Crippen LogP contribution is -2.02. The zero-order valence-electron chi connectivity index (χ0n) is 6.88. The van der Waals surface area contributed by atoms with E-state index >= 15 is 0 Å². The molecule has 2 heterocycles. The van der Waals surface area contributed by atoms with Gasteiger partial charge in [-0.1, -0.05) is 0 Å². The van der Waals surface area contributed by atoms with E-state index in [0.717, 1.165) is 41.7 Å². The van der Waals surface area contributed by atoms with Crippen molar-refractivity contribution in [3.8, 4) is 0 Å². The molecule has 0 fully saturated rings. The normalized spacial score (nSPS) is 16.1. The summed E-state index contributed by atoms with van der Waals surface area (Å²) < 4.78 is 5.54. The molecule has 0 saturated heterocycles. The molecular formula is C8H12N2OS. The highest BCUT2D eigenvalue weighted by Crippen LogP contribution is 2.24. The maximum atomic E-state index is 5.54. The summed E-state index contributed by atoms with van der Waals surface area (Å²) in [5, 5.41) is 0. The zero-order valence-corrected chi connectivity index (χ0v) is 7.69. The van der Waals surface area contributed by atoms with Crippen molar-refractivity contribution in [2.75, 3.05) is 12.3 Å². The molecule has 2 N–H and O–H groups in total. The number of aromatic nitrogens is 1. The predicted molar refractivity (Wildman–Crippen MR) is 49.1 cm³/mol. The summed E-state index contributed by atoms with van der Waals surface area (Å²) in [5.41, 5.74) is 6.55. The first-order valence-corrected chi connectivity index (χ1v) is 5.31. The summed E-state index contributed by atoms with van der Waals surface area (Å²) >= 11 is 1.92. The standard InChI is InChI=1S/C8H12N2OS/c9-3-1-8-10-6-5-12-4-2-7(6)11-8/h1-5,9H2. The summed E-state index contributed by atoms with van der Waals surface area (Å²) in [6.07, 6.45) is 1.79. The minimum Gasteiger partial charge on any atom is -0.445 e. The lowest BCUT2D eigenvalue weighted by molar-refractivity contribution is 0.459. The third-order valence-electron chi connectivity index (χ3n) is 1.89. The fraction of sp³-hybridized carbons (Fsp3) is 0.625. The van der Waals surface area contributed by atoms with Crippen LogP contribution in [-0.4, -0.2) is 17.3 Å². The van der Waals surface area contributed by atoms with Crippen molar-refractivity contribution in [1.82, 2.24) is 4.98 Å². The Balaban J connectivity index is 2.20. The molecule has 0 spiro atoms. The average Bonchev–Trinajstić information content (AvgIpc) is 2.47. The number of fused-ring (bicyclic) bond motifs is 1. The van der Waals surface area contributed by atoms with Gasteiger partial charge in [-0.25, -0.2) is 4.98 Å². The van der Waals surface area contributed by atoms with Crippen LogP contribution in [0.2, 0.25) is 0 Å². The van der Waals surface area contributed by atoms with E-state index < -0.39 is 0 Å². The molecule has 2 rings (SSSR count). The summed E-state index contributed by atoms with van der Waals surface area (Å²) in [7, 11) is 0. The first kappa shape index (κ1) is 8.13. The molecule has 0 radical (unpaired) electrons. The SMILES string of the molecule is NCCc1nc2c(o1)CCSC2. The molecule has 4 heteroatoms. The van der Waals surface area contributed by atoms with Crippen molar-refractivity contribution in [3.63, 3.8) is 0 Å². The van der Waals surface area contributed by atoms with E-state index in [9.17, 15) is 0 Å². The van der Waals surface area contributed by atoms with E-state index in [0.29, 0.717) is 6.54 Å². The van der Waals surface area contributed by atoms with E-state index in [-0.39, 0.29) is 0 Å². The van der Waals surface area contributed by atoms with Gasteiger partial charge in [-0.05, 0) is 0 Å². The van der Waals surface area contributed by atoms with E-state index in [1.54, 1.807) is 0 Å². The van der Waals surface area contributed by atoms with Gasteiger partial charge in [0.05, 0.1) is 5.69 Å². The Morgan fingerprint density at radius 2 is 2.50 bits per heavy atom. The Morgan fingerprint density at radius 1 is 1.58 bits per heavy atom. The van der Waals surface area contributed by atoms with Crippen molar-refractivity contribution in [2.24, 2.45) is 5.73 Å². The number of rotatable bonds is 2. The molecule has 0 amide bonds. The molecule has 0 aromatic carbocycles. The molecule has 0 bridgehead atoms. The van der Waals surface area contributed by atoms with Gasteiger partial charge in [0.25, 0.3) is 0 Å². The number of hydrogen-bond donors (Lipinski definition) is 1. The van der Waals surface area contributed by atoms with E-state index in [2.05, 4.69) is 4.98 Å². The van der Waals surface area contributed by atoms with Gasteiger partial charge in [-0.2, -0.15) is 11.8 Å². The summed E-state index contributed by atoms with van der Waals surface area (Å²) in [6, 6.07) is 0. The van der Waals surface area contributed by atoms with Crippen molar-refractivity contribution in [1.29, 1.82) is 0 Å². The minimum atomic E-state index is 0.618.